The molecule has 0 saturated carbocycles. The van der Waals surface area contributed by atoms with Crippen molar-refractivity contribution in [3.05, 3.63) is 150 Å². The summed E-state index contributed by atoms with van der Waals surface area (Å²) in [7, 11) is 0. The molecule has 3 aromatic carbocycles. The summed E-state index contributed by atoms with van der Waals surface area (Å²) in [5.41, 5.74) is 12.8. The lowest BCUT2D eigenvalue weighted by Crippen LogP contribution is -2.16. The van der Waals surface area contributed by atoms with Crippen LogP contribution >= 0.6 is 0 Å². The van der Waals surface area contributed by atoms with Crippen LogP contribution in [0.5, 0.6) is 5.75 Å². The highest BCUT2D eigenvalue weighted by atomic mass is 16.5. The number of aromatic nitrogens is 1. The van der Waals surface area contributed by atoms with Crippen molar-refractivity contribution >= 4 is 23.1 Å². The minimum absolute atomic E-state index is 0.0982. The van der Waals surface area contributed by atoms with Gasteiger partial charge in [-0.15, -0.1) is 0 Å². The molecule has 6 nitrogen and oxygen atoms in total. The van der Waals surface area contributed by atoms with E-state index < -0.39 is 0 Å². The van der Waals surface area contributed by atoms with Gasteiger partial charge < -0.3 is 21.1 Å². The number of anilines is 2. The molecule has 0 aliphatic heterocycles. The van der Waals surface area contributed by atoms with Gasteiger partial charge in [-0.05, 0) is 116 Å². The first-order valence-corrected chi connectivity index (χ1v) is 14.4. The van der Waals surface area contributed by atoms with E-state index in [0.717, 1.165) is 59.0 Å². The van der Waals surface area contributed by atoms with Gasteiger partial charge in [0.15, 0.2) is 0 Å². The molecule has 1 aliphatic carbocycles. The van der Waals surface area contributed by atoms with E-state index in [2.05, 4.69) is 53.6 Å². The van der Waals surface area contributed by atoms with Crippen molar-refractivity contribution in [2.24, 2.45) is 5.73 Å². The highest BCUT2D eigenvalue weighted by Gasteiger charge is 2.11. The quantitative estimate of drug-likeness (QED) is 0.160. The van der Waals surface area contributed by atoms with Crippen molar-refractivity contribution in [3.63, 3.8) is 0 Å². The first-order valence-electron chi connectivity index (χ1n) is 14.4. The van der Waals surface area contributed by atoms with E-state index in [1.165, 1.54) is 11.6 Å². The Morgan fingerprint density at radius 2 is 1.81 bits per heavy atom. The number of nitrogens with two attached hydrogens (primary N) is 1. The van der Waals surface area contributed by atoms with Crippen molar-refractivity contribution in [3.8, 4) is 17.0 Å². The molecule has 43 heavy (non-hydrogen) atoms. The fraction of sp³-hybridized carbons (Fsp3) is 0.135. The molecule has 0 spiro atoms. The molecule has 0 bridgehead atoms. The smallest absolute Gasteiger partial charge is 0.247 e. The summed E-state index contributed by atoms with van der Waals surface area (Å²) in [5.74, 6) is 2.12. The second kappa shape index (κ2) is 14.0. The van der Waals surface area contributed by atoms with E-state index >= 15 is 0 Å². The van der Waals surface area contributed by atoms with Crippen LogP contribution in [0.2, 0.25) is 0 Å². The molecule has 1 atom stereocenters. The maximum absolute atomic E-state index is 11.9. The maximum atomic E-state index is 11.9. The Morgan fingerprint density at radius 3 is 2.56 bits per heavy atom. The van der Waals surface area contributed by atoms with Crippen LogP contribution in [-0.2, 0) is 11.2 Å². The third-order valence-electron chi connectivity index (χ3n) is 6.94. The molecule has 4 aromatic rings. The first kappa shape index (κ1) is 29.1. The van der Waals surface area contributed by atoms with Gasteiger partial charge in [0.1, 0.15) is 17.3 Å². The first-order chi connectivity index (χ1) is 20.9. The lowest BCUT2D eigenvalue weighted by atomic mass is 10.0. The molecule has 1 unspecified atom stereocenters. The van der Waals surface area contributed by atoms with Gasteiger partial charge in [-0.1, -0.05) is 55.1 Å². The molecule has 0 saturated heterocycles. The average Bonchev–Trinajstić information content (AvgIpc) is 3.02. The van der Waals surface area contributed by atoms with Crippen LogP contribution in [0, 0.1) is 0 Å². The number of carbonyl (C=O) groups excluding carboxylic acids is 1. The molecule has 1 amide bonds. The summed E-state index contributed by atoms with van der Waals surface area (Å²) in [5, 5.41) is 6.34. The average molecular weight is 569 g/mol. The summed E-state index contributed by atoms with van der Waals surface area (Å²) in [6.45, 7) is 5.58. The SMILES string of the molecule is C=CC(=O)Nc1cccc(-c2cc(Cc3ccccc3)cc(NC(C)/C=C(\N)c3ccc(OC4=CCCC=C4)cc3)n2)c1. The third-order valence-corrected chi connectivity index (χ3v) is 6.94. The molecule has 216 valence electrons. The number of allylic oxidation sites excluding steroid dienone is 3. The van der Waals surface area contributed by atoms with Crippen LogP contribution in [0.25, 0.3) is 17.0 Å². The summed E-state index contributed by atoms with van der Waals surface area (Å²) in [4.78, 5) is 16.8. The standard InChI is InChI=1S/C37H36N4O2/c1-3-37(42)40-31-14-10-13-30(25-31)35-23-28(22-27-11-6-4-7-12-27)24-36(41-35)39-26(2)21-34(38)29-17-19-33(20-18-29)43-32-15-8-5-9-16-32/h3-4,6-8,10-21,23-26H,1,5,9,22,38H2,2H3,(H,39,41)(H,40,42)/b34-21-. The zero-order chi connectivity index (χ0) is 30.0. The van der Waals surface area contributed by atoms with Crippen LogP contribution in [0.15, 0.2) is 134 Å². The Hall–Kier alpha value is -5.36. The van der Waals surface area contributed by atoms with Crippen molar-refractivity contribution in [1.82, 2.24) is 4.98 Å². The molecular weight excluding hydrogens is 532 g/mol. The van der Waals surface area contributed by atoms with Gasteiger partial charge >= 0.3 is 0 Å². The summed E-state index contributed by atoms with van der Waals surface area (Å²) < 4.78 is 5.95. The van der Waals surface area contributed by atoms with Gasteiger partial charge in [0, 0.05) is 23.0 Å². The Labute approximate surface area is 253 Å². The van der Waals surface area contributed by atoms with Gasteiger partial charge in [-0.25, -0.2) is 4.98 Å². The van der Waals surface area contributed by atoms with Crippen LogP contribution in [0.1, 0.15) is 36.5 Å². The number of hydrogen-bond donors (Lipinski definition) is 3. The predicted octanol–water partition coefficient (Wildman–Crippen LogP) is 7.88. The zero-order valence-electron chi connectivity index (χ0n) is 24.3. The molecule has 1 aromatic heterocycles. The minimum atomic E-state index is -0.260. The normalized spacial score (nSPS) is 13.5. The predicted molar refractivity (Wildman–Crippen MR) is 177 cm³/mol. The minimum Gasteiger partial charge on any atom is -0.458 e. The number of ether oxygens (including phenoxy) is 1. The molecule has 1 aliphatic rings. The second-order valence-corrected chi connectivity index (χ2v) is 10.5. The van der Waals surface area contributed by atoms with Gasteiger partial charge in [0.25, 0.3) is 0 Å². The fourth-order valence-corrected chi connectivity index (χ4v) is 4.85. The Kier molecular flexibility index (Phi) is 9.49. The number of carbonyl (C=O) groups is 1. The van der Waals surface area contributed by atoms with E-state index in [-0.39, 0.29) is 11.9 Å². The zero-order valence-corrected chi connectivity index (χ0v) is 24.3. The largest absolute Gasteiger partial charge is 0.458 e. The van der Waals surface area contributed by atoms with Gasteiger partial charge in [-0.2, -0.15) is 0 Å². The van der Waals surface area contributed by atoms with Crippen LogP contribution < -0.4 is 21.1 Å². The second-order valence-electron chi connectivity index (χ2n) is 10.5. The topological polar surface area (TPSA) is 89.3 Å². The highest BCUT2D eigenvalue weighted by molar-refractivity contribution is 5.99. The van der Waals surface area contributed by atoms with Crippen molar-refractivity contribution in [1.29, 1.82) is 0 Å². The van der Waals surface area contributed by atoms with Crippen LogP contribution in [0.3, 0.4) is 0 Å². The summed E-state index contributed by atoms with van der Waals surface area (Å²) in [6, 6.07) is 29.8. The number of nitrogens with one attached hydrogen (secondary N) is 2. The molecule has 4 N–H and O–H groups in total. The number of nitrogens with zero attached hydrogens (tertiary/aromatic N) is 1. The monoisotopic (exact) mass is 568 g/mol. The number of hydrogen-bond acceptors (Lipinski definition) is 5. The van der Waals surface area contributed by atoms with Gasteiger partial charge in [0.05, 0.1) is 5.69 Å². The van der Waals surface area contributed by atoms with E-state index in [0.29, 0.717) is 11.4 Å². The number of amides is 1. The fourth-order valence-electron chi connectivity index (χ4n) is 4.85. The van der Waals surface area contributed by atoms with Crippen molar-refractivity contribution < 1.29 is 9.53 Å². The van der Waals surface area contributed by atoms with Crippen molar-refractivity contribution in [2.45, 2.75) is 32.2 Å². The Balaban J connectivity index is 1.36. The number of pyridine rings is 1. The number of benzene rings is 3. The maximum Gasteiger partial charge on any atom is 0.247 e. The summed E-state index contributed by atoms with van der Waals surface area (Å²) >= 11 is 0. The Morgan fingerprint density at radius 1 is 1.00 bits per heavy atom. The molecule has 5 rings (SSSR count). The third kappa shape index (κ3) is 8.33. The van der Waals surface area contributed by atoms with E-state index in [1.54, 1.807) is 0 Å². The van der Waals surface area contributed by atoms with Crippen molar-refractivity contribution in [2.75, 3.05) is 10.6 Å². The summed E-state index contributed by atoms with van der Waals surface area (Å²) in [6.07, 6.45) is 12.3. The lowest BCUT2D eigenvalue weighted by molar-refractivity contribution is -0.111. The molecule has 1 heterocycles. The lowest BCUT2D eigenvalue weighted by Gasteiger charge is -2.16. The Bertz CT molecular complexity index is 1670. The number of rotatable bonds is 11. The molecule has 6 heteroatoms. The molecular formula is C37H36N4O2. The highest BCUT2D eigenvalue weighted by Crippen LogP contribution is 2.26. The molecule has 0 radical (unpaired) electrons. The van der Waals surface area contributed by atoms with Crippen LogP contribution in [0.4, 0.5) is 11.5 Å². The van der Waals surface area contributed by atoms with Gasteiger partial charge in [0.2, 0.25) is 5.91 Å². The van der Waals surface area contributed by atoms with E-state index in [1.807, 2.05) is 85.8 Å². The molecule has 0 fully saturated rings. The van der Waals surface area contributed by atoms with E-state index in [4.69, 9.17) is 15.5 Å². The van der Waals surface area contributed by atoms with Gasteiger partial charge in [-0.3, -0.25) is 4.79 Å². The van der Waals surface area contributed by atoms with E-state index in [9.17, 15) is 4.79 Å². The van der Waals surface area contributed by atoms with Crippen LogP contribution in [-0.4, -0.2) is 16.9 Å².